The van der Waals surface area contributed by atoms with Crippen LogP contribution in [0.15, 0.2) is 29.3 Å². The molecular formula is C19H31N3O3S. The largest absolute Gasteiger partial charge is 0.497 e. The van der Waals surface area contributed by atoms with E-state index in [0.717, 1.165) is 31.2 Å². The van der Waals surface area contributed by atoms with Gasteiger partial charge in [-0.25, -0.2) is 8.42 Å². The molecule has 0 spiro atoms. The Labute approximate surface area is 157 Å². The lowest BCUT2D eigenvalue weighted by Crippen LogP contribution is -2.43. The standard InChI is InChI=1S/C19H31N3O3S/c1-19(2,3)26(23,24)13-11-21-18(20-4)22-12-10-16(14-22)15-6-8-17(25-5)9-7-15/h6-9,16H,10-14H2,1-5H3,(H,20,21). The average molecular weight is 382 g/mol. The maximum absolute atomic E-state index is 12.2. The van der Waals surface area contributed by atoms with E-state index in [9.17, 15) is 8.42 Å². The minimum Gasteiger partial charge on any atom is -0.497 e. The molecule has 1 fully saturated rings. The molecule has 146 valence electrons. The molecule has 26 heavy (non-hydrogen) atoms. The Kier molecular flexibility index (Phi) is 6.55. The molecule has 0 saturated carbocycles. The molecule has 2 rings (SSSR count). The molecule has 1 aliphatic heterocycles. The second-order valence-corrected chi connectivity index (χ2v) is 10.5. The smallest absolute Gasteiger partial charge is 0.193 e. The van der Waals surface area contributed by atoms with E-state index in [4.69, 9.17) is 4.74 Å². The van der Waals surface area contributed by atoms with Crippen LogP contribution in [0.5, 0.6) is 5.75 Å². The van der Waals surface area contributed by atoms with Crippen LogP contribution in [0.25, 0.3) is 0 Å². The minimum absolute atomic E-state index is 0.102. The van der Waals surface area contributed by atoms with Gasteiger partial charge in [-0.1, -0.05) is 12.1 Å². The van der Waals surface area contributed by atoms with E-state index < -0.39 is 14.6 Å². The lowest BCUT2D eigenvalue weighted by Gasteiger charge is -2.23. The predicted molar refractivity (Wildman–Crippen MR) is 107 cm³/mol. The summed E-state index contributed by atoms with van der Waals surface area (Å²) in [4.78, 5) is 6.52. The molecule has 0 aromatic heterocycles. The first-order valence-corrected chi connectivity index (χ1v) is 10.6. The number of likely N-dealkylation sites (tertiary alicyclic amines) is 1. The van der Waals surface area contributed by atoms with Crippen LogP contribution in [0, 0.1) is 0 Å². The molecule has 1 unspecified atom stereocenters. The number of sulfone groups is 1. The summed E-state index contributed by atoms with van der Waals surface area (Å²) in [6, 6.07) is 8.20. The minimum atomic E-state index is -3.13. The number of benzene rings is 1. The molecule has 1 aliphatic rings. The van der Waals surface area contributed by atoms with Crippen LogP contribution < -0.4 is 10.1 Å². The number of rotatable bonds is 5. The van der Waals surface area contributed by atoms with Gasteiger partial charge in [0, 0.05) is 32.6 Å². The maximum Gasteiger partial charge on any atom is 0.193 e. The van der Waals surface area contributed by atoms with Crippen LogP contribution in [0.4, 0.5) is 0 Å². The van der Waals surface area contributed by atoms with Crippen LogP contribution in [-0.4, -0.2) is 63.6 Å². The quantitative estimate of drug-likeness (QED) is 0.626. The molecule has 1 saturated heterocycles. The van der Waals surface area contributed by atoms with Crippen molar-refractivity contribution in [2.75, 3.05) is 39.5 Å². The Morgan fingerprint density at radius 3 is 2.50 bits per heavy atom. The van der Waals surface area contributed by atoms with Gasteiger partial charge >= 0.3 is 0 Å². The molecule has 1 N–H and O–H groups in total. The van der Waals surface area contributed by atoms with Gasteiger partial charge in [0.2, 0.25) is 0 Å². The number of nitrogens with one attached hydrogen (secondary N) is 1. The summed E-state index contributed by atoms with van der Waals surface area (Å²) in [5, 5.41) is 3.21. The number of methoxy groups -OCH3 is 1. The van der Waals surface area contributed by atoms with Gasteiger partial charge in [-0.2, -0.15) is 0 Å². The molecule has 1 atom stereocenters. The van der Waals surface area contributed by atoms with Crippen LogP contribution >= 0.6 is 0 Å². The fourth-order valence-electron chi connectivity index (χ4n) is 3.04. The first-order valence-electron chi connectivity index (χ1n) is 9.00. The number of ether oxygens (including phenoxy) is 1. The van der Waals surface area contributed by atoms with Crippen molar-refractivity contribution in [2.45, 2.75) is 37.9 Å². The highest BCUT2D eigenvalue weighted by Gasteiger charge is 2.29. The lowest BCUT2D eigenvalue weighted by atomic mass is 9.98. The number of nitrogens with zero attached hydrogens (tertiary/aromatic N) is 2. The Morgan fingerprint density at radius 2 is 1.96 bits per heavy atom. The Morgan fingerprint density at radius 1 is 1.31 bits per heavy atom. The Balaban J connectivity index is 1.91. The number of hydrogen-bond donors (Lipinski definition) is 1. The van der Waals surface area contributed by atoms with Crippen molar-refractivity contribution >= 4 is 15.8 Å². The third-order valence-corrected chi connectivity index (χ3v) is 7.48. The highest BCUT2D eigenvalue weighted by atomic mass is 32.2. The van der Waals surface area contributed by atoms with Crippen molar-refractivity contribution in [3.63, 3.8) is 0 Å². The summed E-state index contributed by atoms with van der Waals surface area (Å²) in [5.41, 5.74) is 1.29. The summed E-state index contributed by atoms with van der Waals surface area (Å²) in [6.45, 7) is 7.35. The first kappa shape index (κ1) is 20.6. The van der Waals surface area contributed by atoms with Crippen molar-refractivity contribution in [1.82, 2.24) is 10.2 Å². The van der Waals surface area contributed by atoms with Crippen LogP contribution in [-0.2, 0) is 9.84 Å². The van der Waals surface area contributed by atoms with Gasteiger partial charge in [-0.05, 0) is 44.9 Å². The summed E-state index contributed by atoms with van der Waals surface area (Å²) in [6.07, 6.45) is 1.05. The Hall–Kier alpha value is -1.76. The van der Waals surface area contributed by atoms with Gasteiger partial charge in [0.1, 0.15) is 5.75 Å². The molecule has 6 nitrogen and oxygen atoms in total. The predicted octanol–water partition coefficient (Wildman–Crippen LogP) is 2.27. The van der Waals surface area contributed by atoms with E-state index in [1.807, 2.05) is 12.1 Å². The number of aliphatic imine (C=N–C) groups is 1. The third-order valence-electron chi connectivity index (χ3n) is 4.87. The van der Waals surface area contributed by atoms with Crippen molar-refractivity contribution in [3.05, 3.63) is 29.8 Å². The molecule has 0 radical (unpaired) electrons. The fraction of sp³-hybridized carbons (Fsp3) is 0.632. The van der Waals surface area contributed by atoms with E-state index in [0.29, 0.717) is 12.5 Å². The number of hydrogen-bond acceptors (Lipinski definition) is 4. The van der Waals surface area contributed by atoms with Gasteiger partial charge < -0.3 is 15.0 Å². The van der Waals surface area contributed by atoms with Gasteiger partial charge in [0.05, 0.1) is 17.6 Å². The molecule has 7 heteroatoms. The summed E-state index contributed by atoms with van der Waals surface area (Å²) >= 11 is 0. The Bertz CT molecular complexity index is 721. The average Bonchev–Trinajstić information content (AvgIpc) is 3.07. The second-order valence-electron chi connectivity index (χ2n) is 7.61. The highest BCUT2D eigenvalue weighted by molar-refractivity contribution is 7.92. The zero-order valence-corrected chi connectivity index (χ0v) is 17.3. The maximum atomic E-state index is 12.2. The van der Waals surface area contributed by atoms with E-state index in [2.05, 4.69) is 27.3 Å². The highest BCUT2D eigenvalue weighted by Crippen LogP contribution is 2.28. The zero-order chi connectivity index (χ0) is 19.4. The van der Waals surface area contributed by atoms with E-state index in [1.165, 1.54) is 5.56 Å². The van der Waals surface area contributed by atoms with Gasteiger partial charge in [0.15, 0.2) is 15.8 Å². The summed E-state index contributed by atoms with van der Waals surface area (Å²) in [7, 11) is 0.272. The molecule has 1 aromatic carbocycles. The fourth-order valence-corrected chi connectivity index (χ4v) is 4.02. The molecule has 1 aromatic rings. The van der Waals surface area contributed by atoms with Crippen molar-refractivity contribution in [3.8, 4) is 5.75 Å². The molecule has 0 amide bonds. The van der Waals surface area contributed by atoms with Crippen LogP contribution in [0.2, 0.25) is 0 Å². The van der Waals surface area contributed by atoms with Crippen molar-refractivity contribution in [1.29, 1.82) is 0 Å². The van der Waals surface area contributed by atoms with E-state index in [1.54, 1.807) is 34.9 Å². The van der Waals surface area contributed by atoms with Crippen molar-refractivity contribution < 1.29 is 13.2 Å². The molecule has 0 aliphatic carbocycles. The van der Waals surface area contributed by atoms with Crippen LogP contribution in [0.3, 0.4) is 0 Å². The SMILES string of the molecule is CN=C(NCCS(=O)(=O)C(C)(C)C)N1CCC(c2ccc(OC)cc2)C1. The van der Waals surface area contributed by atoms with Crippen molar-refractivity contribution in [2.24, 2.45) is 4.99 Å². The van der Waals surface area contributed by atoms with Gasteiger partial charge in [-0.15, -0.1) is 0 Å². The normalized spacial score (nSPS) is 18.9. The monoisotopic (exact) mass is 381 g/mol. The van der Waals surface area contributed by atoms with Gasteiger partial charge in [-0.3, -0.25) is 4.99 Å². The lowest BCUT2D eigenvalue weighted by molar-refractivity contribution is 0.414. The molecule has 0 bridgehead atoms. The number of guanidine groups is 1. The van der Waals surface area contributed by atoms with Gasteiger partial charge in [0.25, 0.3) is 0 Å². The van der Waals surface area contributed by atoms with Crippen LogP contribution in [0.1, 0.15) is 38.7 Å². The van der Waals surface area contributed by atoms with E-state index in [-0.39, 0.29) is 5.75 Å². The third kappa shape index (κ3) is 4.90. The topological polar surface area (TPSA) is 71.0 Å². The van der Waals surface area contributed by atoms with E-state index >= 15 is 0 Å². The second kappa shape index (κ2) is 8.29. The zero-order valence-electron chi connectivity index (χ0n) is 16.4. The first-order chi connectivity index (χ1) is 12.2. The summed E-state index contributed by atoms with van der Waals surface area (Å²) in [5.74, 6) is 2.18. The molecular weight excluding hydrogens is 350 g/mol. The molecule has 1 heterocycles. The summed E-state index contributed by atoms with van der Waals surface area (Å²) < 4.78 is 28.9.